The molecule has 2 unspecified atom stereocenters. The van der Waals surface area contributed by atoms with Gasteiger partial charge in [-0.25, -0.2) is 0 Å². The first-order valence-electron chi connectivity index (χ1n) is 22.5. The van der Waals surface area contributed by atoms with Gasteiger partial charge < -0.3 is 0 Å². The van der Waals surface area contributed by atoms with E-state index in [0.29, 0.717) is 5.92 Å². The van der Waals surface area contributed by atoms with Crippen LogP contribution in [0.4, 0.5) is 0 Å². The Kier molecular flexibility index (Phi) is 8.13. The van der Waals surface area contributed by atoms with Crippen molar-refractivity contribution in [1.82, 2.24) is 0 Å². The molecule has 4 aromatic rings. The molecule has 0 heterocycles. The van der Waals surface area contributed by atoms with Crippen molar-refractivity contribution < 1.29 is 0 Å². The van der Waals surface area contributed by atoms with Gasteiger partial charge in [0.1, 0.15) is 0 Å². The van der Waals surface area contributed by atoms with Crippen LogP contribution in [0.5, 0.6) is 0 Å². The van der Waals surface area contributed by atoms with E-state index in [1.165, 1.54) is 86.5 Å². The highest BCUT2D eigenvalue weighted by atomic mass is 14.7. The van der Waals surface area contributed by atoms with Crippen LogP contribution < -0.4 is 0 Å². The third kappa shape index (κ3) is 4.67. The minimum Gasteiger partial charge on any atom is -0.0625 e. The molecule has 0 nitrogen and oxygen atoms in total. The van der Waals surface area contributed by atoms with Crippen molar-refractivity contribution in [3.8, 4) is 11.1 Å². The van der Waals surface area contributed by atoms with Crippen LogP contribution >= 0.6 is 0 Å². The molecule has 6 aliphatic carbocycles. The van der Waals surface area contributed by atoms with Crippen LogP contribution in [-0.4, -0.2) is 0 Å². The second-order valence-corrected chi connectivity index (χ2v) is 20.8. The summed E-state index contributed by atoms with van der Waals surface area (Å²) < 4.78 is 0. The zero-order valence-corrected chi connectivity index (χ0v) is 35.1. The van der Waals surface area contributed by atoms with Crippen molar-refractivity contribution in [2.75, 3.05) is 0 Å². The summed E-state index contributed by atoms with van der Waals surface area (Å²) in [4.78, 5) is 0. The van der Waals surface area contributed by atoms with Gasteiger partial charge >= 0.3 is 0 Å². The molecule has 0 amide bonds. The number of rotatable bonds is 5. The Morgan fingerprint density at radius 3 is 1.94 bits per heavy atom. The number of hydrogen-bond donors (Lipinski definition) is 0. The molecule has 0 heteroatoms. The normalized spacial score (nSPS) is 27.1. The first kappa shape index (κ1) is 35.3. The van der Waals surface area contributed by atoms with Gasteiger partial charge in [-0.2, -0.15) is 0 Å². The molecule has 2 atom stereocenters. The summed E-state index contributed by atoms with van der Waals surface area (Å²) in [6.07, 6.45) is 16.5. The number of aryl methyl sites for hydroxylation is 3. The predicted octanol–water partition coefficient (Wildman–Crippen LogP) is 14.7. The van der Waals surface area contributed by atoms with E-state index in [2.05, 4.69) is 111 Å². The lowest BCUT2D eigenvalue weighted by molar-refractivity contribution is -0.130. The van der Waals surface area contributed by atoms with Crippen molar-refractivity contribution in [3.05, 3.63) is 104 Å². The second-order valence-electron chi connectivity index (χ2n) is 20.8. The Balaban J connectivity index is 1.29. The van der Waals surface area contributed by atoms with Crippen LogP contribution in [0.2, 0.25) is 0 Å². The molecular formula is C54H66. The van der Waals surface area contributed by atoms with E-state index in [0.717, 1.165) is 48.3 Å². The lowest BCUT2D eigenvalue weighted by atomic mass is 9.35. The van der Waals surface area contributed by atoms with Crippen LogP contribution in [0.1, 0.15) is 161 Å². The lowest BCUT2D eigenvalue weighted by Gasteiger charge is -2.68. The van der Waals surface area contributed by atoms with Gasteiger partial charge in [0.2, 0.25) is 0 Å². The monoisotopic (exact) mass is 715 g/mol. The SMILES string of the molecule is Cc1cc(C)c2c(C)cc3c(c2c1)C1(c2ccc4c(c2-3)C(C)(C)C2=C4Cc3ccc(CC(C)C)cc32)C(C2CCCCC2)C(C(C)C)C1C1CCCCC1. The molecule has 0 N–H and O–H groups in total. The van der Waals surface area contributed by atoms with E-state index in [-0.39, 0.29) is 10.8 Å². The molecule has 0 radical (unpaired) electrons. The molecule has 282 valence electrons. The second kappa shape index (κ2) is 12.4. The maximum atomic E-state index is 2.76. The fraction of sp³-hybridized carbons (Fsp3) is 0.556. The molecule has 4 aromatic carbocycles. The quantitative estimate of drug-likeness (QED) is 0.193. The predicted molar refractivity (Wildman–Crippen MR) is 231 cm³/mol. The van der Waals surface area contributed by atoms with E-state index in [1.807, 2.05) is 0 Å². The summed E-state index contributed by atoms with van der Waals surface area (Å²) >= 11 is 0. The minimum atomic E-state index is -0.0479. The Morgan fingerprint density at radius 1 is 0.667 bits per heavy atom. The zero-order valence-electron chi connectivity index (χ0n) is 35.1. The van der Waals surface area contributed by atoms with Crippen molar-refractivity contribution in [3.63, 3.8) is 0 Å². The lowest BCUT2D eigenvalue weighted by Crippen LogP contribution is -2.66. The van der Waals surface area contributed by atoms with E-state index in [4.69, 9.17) is 0 Å². The molecule has 0 aromatic heterocycles. The maximum Gasteiger partial charge on any atom is 0.0288 e. The molecule has 0 bridgehead atoms. The fourth-order valence-corrected chi connectivity index (χ4v) is 15.0. The number of allylic oxidation sites excluding steroid dienone is 2. The van der Waals surface area contributed by atoms with Crippen LogP contribution in [0.3, 0.4) is 0 Å². The molecule has 54 heavy (non-hydrogen) atoms. The summed E-state index contributed by atoms with van der Waals surface area (Å²) in [5, 5.41) is 3.16. The largest absolute Gasteiger partial charge is 0.0625 e. The molecule has 3 fully saturated rings. The van der Waals surface area contributed by atoms with Gasteiger partial charge in [0.25, 0.3) is 0 Å². The topological polar surface area (TPSA) is 0 Å². The summed E-state index contributed by atoms with van der Waals surface area (Å²) in [5.74, 6) is 5.27. The van der Waals surface area contributed by atoms with Crippen LogP contribution in [-0.2, 0) is 23.7 Å². The third-order valence-electron chi connectivity index (χ3n) is 16.4. The van der Waals surface area contributed by atoms with Crippen molar-refractivity contribution in [1.29, 1.82) is 0 Å². The zero-order chi connectivity index (χ0) is 37.4. The average molecular weight is 715 g/mol. The summed E-state index contributed by atoms with van der Waals surface area (Å²) in [6.45, 7) is 22.4. The molecule has 10 rings (SSSR count). The first-order chi connectivity index (χ1) is 25.9. The first-order valence-corrected chi connectivity index (χ1v) is 22.5. The van der Waals surface area contributed by atoms with Crippen molar-refractivity contribution in [2.45, 2.75) is 150 Å². The average Bonchev–Trinajstić information content (AvgIpc) is 3.72. The third-order valence-corrected chi connectivity index (χ3v) is 16.4. The highest BCUT2D eigenvalue weighted by Crippen LogP contribution is 2.76. The van der Waals surface area contributed by atoms with E-state index < -0.39 is 0 Å². The van der Waals surface area contributed by atoms with Crippen LogP contribution in [0.25, 0.3) is 33.0 Å². The summed E-state index contributed by atoms with van der Waals surface area (Å²) in [5.41, 5.74) is 22.4. The van der Waals surface area contributed by atoms with Crippen LogP contribution in [0, 0.1) is 62.2 Å². The van der Waals surface area contributed by atoms with Gasteiger partial charge in [-0.1, -0.05) is 160 Å². The van der Waals surface area contributed by atoms with E-state index in [1.54, 1.807) is 66.4 Å². The molecule has 3 saturated carbocycles. The molecule has 6 aliphatic rings. The Hall–Kier alpha value is -3.12. The van der Waals surface area contributed by atoms with Crippen molar-refractivity contribution >= 4 is 21.9 Å². The highest BCUT2D eigenvalue weighted by molar-refractivity contribution is 6.11. The number of hydrogen-bond acceptors (Lipinski definition) is 0. The standard InChI is InChI=1S/C54H66/c1-30(2)24-35-20-21-38-29-41-39-22-23-44-47(52(39)53(8,9)50(41)40(38)28-35)43-27-34(7)46-33(6)25-32(5)26-42(46)51(43)54(44)48(36-16-12-10-13-17-36)45(31(3)4)49(54)37-18-14-11-15-19-37/h20-23,25-28,30-31,36-37,45,48-49H,10-19,24,29H2,1-9H3. The number of benzene rings is 4. The van der Waals surface area contributed by atoms with Gasteiger partial charge in [0, 0.05) is 10.8 Å². The van der Waals surface area contributed by atoms with Gasteiger partial charge in [-0.3, -0.25) is 0 Å². The Labute approximate surface area is 327 Å². The van der Waals surface area contributed by atoms with Gasteiger partial charge in [0.05, 0.1) is 0 Å². The Morgan fingerprint density at radius 2 is 1.31 bits per heavy atom. The van der Waals surface area contributed by atoms with Gasteiger partial charge in [-0.15, -0.1) is 0 Å². The molecule has 1 spiro atoms. The fourth-order valence-electron chi connectivity index (χ4n) is 15.0. The van der Waals surface area contributed by atoms with Crippen LogP contribution in [0.15, 0.2) is 48.5 Å². The van der Waals surface area contributed by atoms with Crippen molar-refractivity contribution in [2.24, 2.45) is 41.4 Å². The smallest absolute Gasteiger partial charge is 0.0288 e. The molecule has 0 aliphatic heterocycles. The van der Waals surface area contributed by atoms with Gasteiger partial charge in [-0.05, 0) is 158 Å². The summed E-state index contributed by atoms with van der Waals surface area (Å²) in [7, 11) is 0. The minimum absolute atomic E-state index is 0.0479. The molecule has 0 saturated heterocycles. The van der Waals surface area contributed by atoms with E-state index >= 15 is 0 Å². The highest BCUT2D eigenvalue weighted by Gasteiger charge is 2.70. The summed E-state index contributed by atoms with van der Waals surface area (Å²) in [6, 6.07) is 20.8. The Bertz CT molecular complexity index is 2190. The van der Waals surface area contributed by atoms with Gasteiger partial charge in [0.15, 0.2) is 0 Å². The molecular weight excluding hydrogens is 649 g/mol. The maximum absolute atomic E-state index is 2.76. The van der Waals surface area contributed by atoms with E-state index in [9.17, 15) is 0 Å². The number of fused-ring (bicyclic) bond motifs is 12.